The van der Waals surface area contributed by atoms with Crippen LogP contribution in [0.3, 0.4) is 0 Å². The smallest absolute Gasteiger partial charge is 0.137 e. The second-order valence-corrected chi connectivity index (χ2v) is 11.8. The maximum atomic E-state index is 10.3. The highest BCUT2D eigenvalue weighted by Gasteiger charge is 2.46. The van der Waals surface area contributed by atoms with Gasteiger partial charge in [0.05, 0.1) is 16.7 Å². The van der Waals surface area contributed by atoms with Crippen molar-refractivity contribution in [2.45, 2.75) is 30.8 Å². The van der Waals surface area contributed by atoms with Gasteiger partial charge in [-0.15, -0.1) is 13.2 Å². The van der Waals surface area contributed by atoms with Gasteiger partial charge in [0.2, 0.25) is 0 Å². The van der Waals surface area contributed by atoms with E-state index in [9.17, 15) is 10.2 Å². The van der Waals surface area contributed by atoms with Gasteiger partial charge in [-0.3, -0.25) is 0 Å². The molecule has 0 aromatic heterocycles. The summed E-state index contributed by atoms with van der Waals surface area (Å²) < 4.78 is 6.58. The molecule has 0 amide bonds. The van der Waals surface area contributed by atoms with E-state index in [2.05, 4.69) is 47.1 Å². The van der Waals surface area contributed by atoms with Gasteiger partial charge in [-0.05, 0) is 41.8 Å². The molecule has 2 aliphatic rings. The van der Waals surface area contributed by atoms with Crippen LogP contribution in [0.15, 0.2) is 27.8 Å². The Balaban J connectivity index is 2.10. The van der Waals surface area contributed by atoms with Crippen molar-refractivity contribution in [2.75, 3.05) is 19.5 Å². The zero-order valence-electron chi connectivity index (χ0n) is 12.9. The molecule has 0 saturated carbocycles. The third kappa shape index (κ3) is 3.92. The molecule has 2 heterocycles. The van der Waals surface area contributed by atoms with Gasteiger partial charge in [0.25, 0.3) is 0 Å². The molecule has 4 N–H and O–H groups in total. The number of aliphatic hydroxyl groups excluding tert-OH is 2. The van der Waals surface area contributed by atoms with Gasteiger partial charge in [-0.2, -0.15) is 0 Å². The number of dihydropyridines is 1. The van der Waals surface area contributed by atoms with Gasteiger partial charge >= 0.3 is 0 Å². The Labute approximate surface area is 140 Å². The van der Waals surface area contributed by atoms with Gasteiger partial charge in [-0.25, -0.2) is 4.99 Å². The maximum Gasteiger partial charge on any atom is 0.137 e. The van der Waals surface area contributed by atoms with Crippen LogP contribution in [-0.2, 0) is 4.74 Å². The van der Waals surface area contributed by atoms with Crippen molar-refractivity contribution in [1.29, 1.82) is 0 Å². The van der Waals surface area contributed by atoms with Crippen LogP contribution < -0.4 is 5.73 Å². The van der Waals surface area contributed by atoms with Gasteiger partial charge in [0, 0.05) is 11.6 Å². The Morgan fingerprint density at radius 3 is 2.64 bits per heavy atom. The number of nitrogens with zero attached hydrogens (tertiary/aromatic N) is 1. The minimum absolute atomic E-state index is 0.307. The average molecular weight is 391 g/mol. The molecule has 1 saturated heterocycles. The predicted octanol–water partition coefficient (Wildman–Crippen LogP) is 1.35. The van der Waals surface area contributed by atoms with Crippen molar-refractivity contribution in [1.82, 2.24) is 0 Å². The number of halogens is 1. The first-order chi connectivity index (χ1) is 10.1. The fraction of sp³-hybridized carbons (Fsp3) is 0.600. The summed E-state index contributed by atoms with van der Waals surface area (Å²) in [5, 5.41) is 20.6. The van der Waals surface area contributed by atoms with Crippen molar-refractivity contribution in [2.24, 2.45) is 16.6 Å². The van der Waals surface area contributed by atoms with Crippen LogP contribution in [0.2, 0.25) is 0 Å². The lowest BCUT2D eigenvalue weighted by molar-refractivity contribution is -0.00797. The van der Waals surface area contributed by atoms with Crippen LogP contribution in [0, 0.1) is 5.92 Å². The standard InChI is InChI=1S/C15H24BrN2O3P/c1-8-9(7-10(16)15(17)18-8)14-13(20)12(19)11(21-14)5-6-22(2,3)4/h7,9,11-14,19-20H,1-2,5-6H2,3-4H3,(H2,17,18)/t9?,11-,12-,13-,14+/m1/s1. The summed E-state index contributed by atoms with van der Waals surface area (Å²) >= 11 is 3.34. The quantitative estimate of drug-likeness (QED) is 0.632. The van der Waals surface area contributed by atoms with Crippen LogP contribution >= 0.6 is 22.8 Å². The van der Waals surface area contributed by atoms with Gasteiger partial charge < -0.3 is 20.7 Å². The van der Waals surface area contributed by atoms with E-state index in [1.54, 1.807) is 0 Å². The topological polar surface area (TPSA) is 88.1 Å². The zero-order chi connectivity index (χ0) is 16.7. The number of hydrogen-bond acceptors (Lipinski definition) is 5. The first-order valence-corrected chi connectivity index (χ1v) is 11.0. The number of aliphatic imine (C=N–C) groups is 1. The van der Waals surface area contributed by atoms with Crippen LogP contribution in [-0.4, -0.2) is 66.3 Å². The van der Waals surface area contributed by atoms with E-state index < -0.39 is 25.2 Å². The fourth-order valence-corrected chi connectivity index (χ4v) is 4.02. The fourth-order valence-electron chi connectivity index (χ4n) is 2.70. The van der Waals surface area contributed by atoms with Gasteiger partial charge in [0.1, 0.15) is 18.0 Å². The predicted molar refractivity (Wildman–Crippen MR) is 97.3 cm³/mol. The summed E-state index contributed by atoms with van der Waals surface area (Å²) in [6.07, 6.45) is 4.76. The summed E-state index contributed by atoms with van der Waals surface area (Å²) in [4.78, 5) is 4.17. The third-order valence-electron chi connectivity index (χ3n) is 3.99. The minimum atomic E-state index is -1.19. The lowest BCUT2D eigenvalue weighted by Gasteiger charge is -2.26. The SMILES string of the molecule is C=C1N=C(N)C(Br)=CC1[C@@H]1O[C@H](CCP(=C)(C)C)[C@@H](O)[C@H]1O. The molecule has 0 aromatic carbocycles. The molecule has 2 aliphatic heterocycles. The number of rotatable bonds is 4. The molecule has 1 fully saturated rings. The molecule has 0 aromatic rings. The first kappa shape index (κ1) is 18.0. The summed E-state index contributed by atoms with van der Waals surface area (Å²) in [6, 6.07) is 0. The molecule has 7 heteroatoms. The minimum Gasteiger partial charge on any atom is -0.388 e. The van der Waals surface area contributed by atoms with E-state index in [1.165, 1.54) is 0 Å². The Kier molecular flexibility index (Phi) is 5.40. The van der Waals surface area contributed by atoms with Crippen molar-refractivity contribution in [3.63, 3.8) is 0 Å². The molecular formula is C15H24BrN2O3P. The molecule has 0 aliphatic carbocycles. The average Bonchev–Trinajstić information content (AvgIpc) is 2.68. The highest BCUT2D eigenvalue weighted by molar-refractivity contribution is 9.12. The van der Waals surface area contributed by atoms with Crippen LogP contribution in [0.4, 0.5) is 0 Å². The highest BCUT2D eigenvalue weighted by atomic mass is 79.9. The Morgan fingerprint density at radius 2 is 2.05 bits per heavy atom. The second kappa shape index (κ2) is 6.62. The molecule has 2 rings (SSSR count). The Bertz CT molecular complexity index is 569. The maximum absolute atomic E-state index is 10.3. The Morgan fingerprint density at radius 1 is 1.41 bits per heavy atom. The molecule has 0 bridgehead atoms. The van der Waals surface area contributed by atoms with E-state index >= 15 is 0 Å². The summed E-state index contributed by atoms with van der Waals surface area (Å²) in [5.41, 5.74) is 6.26. The number of hydrogen-bond donors (Lipinski definition) is 3. The van der Waals surface area contributed by atoms with Crippen LogP contribution in [0.1, 0.15) is 6.42 Å². The van der Waals surface area contributed by atoms with Crippen molar-refractivity contribution < 1.29 is 14.9 Å². The first-order valence-electron chi connectivity index (χ1n) is 7.20. The normalized spacial score (nSPS) is 36.2. The summed E-state index contributed by atoms with van der Waals surface area (Å²) in [6.45, 7) is 6.97. The lowest BCUT2D eigenvalue weighted by Crippen LogP contribution is -2.37. The van der Waals surface area contributed by atoms with E-state index in [1.807, 2.05) is 6.08 Å². The summed E-state index contributed by atoms with van der Waals surface area (Å²) in [5.74, 6) is 0.0494. The number of aliphatic hydroxyl groups is 2. The van der Waals surface area contributed by atoms with E-state index in [4.69, 9.17) is 10.5 Å². The molecule has 1 unspecified atom stereocenters. The zero-order valence-corrected chi connectivity index (χ0v) is 15.4. The van der Waals surface area contributed by atoms with Crippen molar-refractivity contribution in [3.05, 3.63) is 22.8 Å². The molecular weight excluding hydrogens is 367 g/mol. The van der Waals surface area contributed by atoms with E-state index in [0.717, 1.165) is 6.16 Å². The largest absolute Gasteiger partial charge is 0.388 e. The number of ether oxygens (including phenoxy) is 1. The van der Waals surface area contributed by atoms with Crippen molar-refractivity contribution in [3.8, 4) is 0 Å². The molecule has 0 radical (unpaired) electrons. The van der Waals surface area contributed by atoms with Crippen LogP contribution in [0.25, 0.3) is 0 Å². The lowest BCUT2D eigenvalue weighted by atomic mass is 9.92. The van der Waals surface area contributed by atoms with Gasteiger partial charge in [-0.1, -0.05) is 12.7 Å². The molecule has 5 atom stereocenters. The Hall–Kier alpha value is -0.390. The molecule has 5 nitrogen and oxygen atoms in total. The van der Waals surface area contributed by atoms with E-state index in [0.29, 0.717) is 22.4 Å². The third-order valence-corrected chi connectivity index (χ3v) is 6.13. The number of amidine groups is 1. The number of nitrogens with two attached hydrogens (primary N) is 1. The highest BCUT2D eigenvalue weighted by Crippen LogP contribution is 2.40. The van der Waals surface area contributed by atoms with E-state index in [-0.39, 0.29) is 12.0 Å². The second-order valence-electron chi connectivity index (χ2n) is 6.60. The van der Waals surface area contributed by atoms with Crippen molar-refractivity contribution >= 4 is 35.0 Å². The summed E-state index contributed by atoms with van der Waals surface area (Å²) in [7, 11) is 0. The molecule has 0 spiro atoms. The van der Waals surface area contributed by atoms with Crippen LogP contribution in [0.5, 0.6) is 0 Å². The molecule has 22 heavy (non-hydrogen) atoms. The monoisotopic (exact) mass is 390 g/mol. The van der Waals surface area contributed by atoms with Gasteiger partial charge in [0.15, 0.2) is 0 Å². The molecule has 124 valence electrons.